The van der Waals surface area contributed by atoms with E-state index in [0.717, 1.165) is 39.0 Å². The Bertz CT molecular complexity index is 584. The van der Waals surface area contributed by atoms with Gasteiger partial charge in [-0.2, -0.15) is 0 Å². The summed E-state index contributed by atoms with van der Waals surface area (Å²) in [7, 11) is 0. The average Bonchev–Trinajstić information content (AvgIpc) is 2.63. The summed E-state index contributed by atoms with van der Waals surface area (Å²) in [6.45, 7) is 6.52. The minimum Gasteiger partial charge on any atom is -0.354 e. The Morgan fingerprint density at radius 3 is 2.64 bits per heavy atom. The third-order valence-corrected chi connectivity index (χ3v) is 5.18. The Kier molecular flexibility index (Phi) is 6.04. The van der Waals surface area contributed by atoms with Crippen LogP contribution in [0.15, 0.2) is 30.3 Å². The molecule has 2 fully saturated rings. The van der Waals surface area contributed by atoms with Crippen LogP contribution in [0.1, 0.15) is 25.3 Å². The van der Waals surface area contributed by atoms with Crippen LogP contribution in [0, 0.1) is 0 Å². The van der Waals surface area contributed by atoms with E-state index in [1.807, 2.05) is 17.9 Å². The summed E-state index contributed by atoms with van der Waals surface area (Å²) in [6.07, 6.45) is 1.96. The molecule has 6 nitrogen and oxygen atoms in total. The van der Waals surface area contributed by atoms with Crippen LogP contribution in [-0.4, -0.2) is 66.4 Å². The summed E-state index contributed by atoms with van der Waals surface area (Å²) in [5, 5.41) is 5.97. The van der Waals surface area contributed by atoms with Gasteiger partial charge >= 0.3 is 0 Å². The van der Waals surface area contributed by atoms with Crippen LogP contribution in [0.2, 0.25) is 0 Å². The molecule has 0 bridgehead atoms. The smallest absolute Gasteiger partial charge is 0.237 e. The summed E-state index contributed by atoms with van der Waals surface area (Å²) in [5.74, 6) is 0.0383. The van der Waals surface area contributed by atoms with E-state index in [4.69, 9.17) is 0 Å². The number of carbonyl (C=O) groups is 2. The van der Waals surface area contributed by atoms with Crippen molar-refractivity contribution < 1.29 is 9.59 Å². The molecule has 136 valence electrons. The molecule has 2 saturated heterocycles. The van der Waals surface area contributed by atoms with Gasteiger partial charge in [-0.25, -0.2) is 0 Å². The Balaban J connectivity index is 1.42. The molecule has 0 aromatic heterocycles. The van der Waals surface area contributed by atoms with Crippen LogP contribution in [0.25, 0.3) is 0 Å². The maximum Gasteiger partial charge on any atom is 0.237 e. The number of hydrogen-bond donors (Lipinski definition) is 2. The molecule has 3 rings (SSSR count). The number of nitrogens with one attached hydrogen (secondary N) is 2. The first-order chi connectivity index (χ1) is 12.1. The molecule has 2 heterocycles. The number of amides is 2. The molecule has 0 aliphatic carbocycles. The predicted molar refractivity (Wildman–Crippen MR) is 96.9 cm³/mol. The van der Waals surface area contributed by atoms with Gasteiger partial charge in [0.1, 0.15) is 0 Å². The van der Waals surface area contributed by atoms with Gasteiger partial charge in [0, 0.05) is 38.8 Å². The fourth-order valence-electron chi connectivity index (χ4n) is 3.55. The van der Waals surface area contributed by atoms with Crippen molar-refractivity contribution in [3.8, 4) is 0 Å². The summed E-state index contributed by atoms with van der Waals surface area (Å²) < 4.78 is 0. The molecular formula is C19H28N4O2. The summed E-state index contributed by atoms with van der Waals surface area (Å²) in [5.41, 5.74) is 1.34. The van der Waals surface area contributed by atoms with Crippen molar-refractivity contribution in [1.82, 2.24) is 20.4 Å². The Morgan fingerprint density at radius 2 is 1.96 bits per heavy atom. The van der Waals surface area contributed by atoms with Gasteiger partial charge in [-0.15, -0.1) is 0 Å². The van der Waals surface area contributed by atoms with E-state index in [2.05, 4.69) is 39.8 Å². The third-order valence-electron chi connectivity index (χ3n) is 5.18. The number of rotatable bonds is 5. The van der Waals surface area contributed by atoms with Gasteiger partial charge in [0.05, 0.1) is 12.6 Å². The van der Waals surface area contributed by atoms with E-state index in [9.17, 15) is 9.59 Å². The Labute approximate surface area is 149 Å². The first kappa shape index (κ1) is 17.9. The highest BCUT2D eigenvalue weighted by Gasteiger charge is 2.28. The second-order valence-electron chi connectivity index (χ2n) is 7.04. The van der Waals surface area contributed by atoms with Crippen molar-refractivity contribution in [3.05, 3.63) is 35.9 Å². The van der Waals surface area contributed by atoms with E-state index >= 15 is 0 Å². The standard InChI is InChI=1S/C19H28N4O2/c1-15(23-12-9-20-18(24)14-23)19(25)21-17-7-10-22(11-8-17)13-16-5-3-2-4-6-16/h2-6,15,17H,7-14H2,1H3,(H,20,24)(H,21,25). The Hall–Kier alpha value is -1.92. The molecule has 2 aliphatic rings. The van der Waals surface area contributed by atoms with Crippen molar-refractivity contribution in [1.29, 1.82) is 0 Å². The molecule has 1 aromatic rings. The maximum atomic E-state index is 12.5. The molecule has 25 heavy (non-hydrogen) atoms. The van der Waals surface area contributed by atoms with Crippen LogP contribution >= 0.6 is 0 Å². The second kappa shape index (κ2) is 8.45. The van der Waals surface area contributed by atoms with Gasteiger partial charge in [-0.05, 0) is 25.3 Å². The zero-order valence-corrected chi connectivity index (χ0v) is 14.9. The first-order valence-electron chi connectivity index (χ1n) is 9.19. The van der Waals surface area contributed by atoms with Crippen LogP contribution in [0.5, 0.6) is 0 Å². The molecule has 1 atom stereocenters. The first-order valence-corrected chi connectivity index (χ1v) is 9.19. The van der Waals surface area contributed by atoms with E-state index in [0.29, 0.717) is 13.1 Å². The minimum atomic E-state index is -0.256. The van der Waals surface area contributed by atoms with Crippen LogP contribution < -0.4 is 10.6 Å². The van der Waals surface area contributed by atoms with Gasteiger partial charge in [-0.3, -0.25) is 19.4 Å². The maximum absolute atomic E-state index is 12.5. The number of benzene rings is 1. The highest BCUT2D eigenvalue weighted by atomic mass is 16.2. The van der Waals surface area contributed by atoms with E-state index in [1.165, 1.54) is 5.56 Å². The molecule has 0 spiro atoms. The van der Waals surface area contributed by atoms with Crippen LogP contribution in [0.4, 0.5) is 0 Å². The molecule has 0 saturated carbocycles. The van der Waals surface area contributed by atoms with E-state index in [-0.39, 0.29) is 23.9 Å². The number of hydrogen-bond acceptors (Lipinski definition) is 4. The molecule has 2 N–H and O–H groups in total. The second-order valence-corrected chi connectivity index (χ2v) is 7.04. The quantitative estimate of drug-likeness (QED) is 0.821. The van der Waals surface area contributed by atoms with Crippen molar-refractivity contribution in [2.45, 2.75) is 38.4 Å². The van der Waals surface area contributed by atoms with Crippen molar-refractivity contribution in [3.63, 3.8) is 0 Å². The van der Waals surface area contributed by atoms with Crippen LogP contribution in [0.3, 0.4) is 0 Å². The fourth-order valence-corrected chi connectivity index (χ4v) is 3.55. The number of piperidine rings is 1. The molecule has 2 amide bonds. The van der Waals surface area contributed by atoms with Crippen molar-refractivity contribution >= 4 is 11.8 Å². The SMILES string of the molecule is CC(C(=O)NC1CCN(Cc2ccccc2)CC1)N1CCNC(=O)C1. The lowest BCUT2D eigenvalue weighted by atomic mass is 10.0. The zero-order valence-electron chi connectivity index (χ0n) is 14.9. The van der Waals surface area contributed by atoms with E-state index in [1.54, 1.807) is 0 Å². The van der Waals surface area contributed by atoms with E-state index < -0.39 is 0 Å². The third kappa shape index (κ3) is 5.03. The van der Waals surface area contributed by atoms with Gasteiger partial charge < -0.3 is 10.6 Å². The summed E-state index contributed by atoms with van der Waals surface area (Å²) in [4.78, 5) is 28.4. The molecule has 1 aromatic carbocycles. The zero-order chi connectivity index (χ0) is 17.6. The topological polar surface area (TPSA) is 64.7 Å². The number of piperazine rings is 1. The predicted octanol–water partition coefficient (Wildman–Crippen LogP) is 0.588. The molecule has 0 radical (unpaired) electrons. The minimum absolute atomic E-state index is 0.000111. The van der Waals surface area contributed by atoms with Gasteiger partial charge in [0.15, 0.2) is 0 Å². The highest BCUT2D eigenvalue weighted by molar-refractivity contribution is 5.84. The molecule has 2 aliphatic heterocycles. The van der Waals surface area contributed by atoms with Gasteiger partial charge in [0.25, 0.3) is 0 Å². The highest BCUT2D eigenvalue weighted by Crippen LogP contribution is 2.14. The summed E-state index contributed by atoms with van der Waals surface area (Å²) in [6, 6.07) is 10.5. The lowest BCUT2D eigenvalue weighted by molar-refractivity contribution is -0.130. The monoisotopic (exact) mass is 344 g/mol. The lowest BCUT2D eigenvalue weighted by Gasteiger charge is -2.35. The van der Waals surface area contributed by atoms with Crippen LogP contribution in [-0.2, 0) is 16.1 Å². The molecular weight excluding hydrogens is 316 g/mol. The van der Waals surface area contributed by atoms with Crippen molar-refractivity contribution in [2.24, 2.45) is 0 Å². The lowest BCUT2D eigenvalue weighted by Crippen LogP contribution is -2.56. The number of nitrogens with zero attached hydrogens (tertiary/aromatic N) is 2. The number of likely N-dealkylation sites (tertiary alicyclic amines) is 1. The van der Waals surface area contributed by atoms with Gasteiger partial charge in [-0.1, -0.05) is 30.3 Å². The molecule has 6 heteroatoms. The Morgan fingerprint density at radius 1 is 1.24 bits per heavy atom. The largest absolute Gasteiger partial charge is 0.354 e. The average molecular weight is 344 g/mol. The van der Waals surface area contributed by atoms with Crippen molar-refractivity contribution in [2.75, 3.05) is 32.7 Å². The summed E-state index contributed by atoms with van der Waals surface area (Å²) >= 11 is 0. The van der Waals surface area contributed by atoms with Gasteiger partial charge in [0.2, 0.25) is 11.8 Å². The molecule has 1 unspecified atom stereocenters. The normalized spacial score (nSPS) is 21.6. The fraction of sp³-hybridized carbons (Fsp3) is 0.579. The number of carbonyl (C=O) groups excluding carboxylic acids is 2.